The Morgan fingerprint density at radius 1 is 1.33 bits per heavy atom. The number of methoxy groups -OCH3 is 1. The van der Waals surface area contributed by atoms with Crippen LogP contribution in [0.1, 0.15) is 36.2 Å². The van der Waals surface area contributed by atoms with Gasteiger partial charge in [0.25, 0.3) is 0 Å². The number of anilines is 1. The summed E-state index contributed by atoms with van der Waals surface area (Å²) in [4.78, 5) is 11.2. The molecule has 0 aromatic carbocycles. The first-order valence-electron chi connectivity index (χ1n) is 7.22. The van der Waals surface area contributed by atoms with Crippen molar-refractivity contribution < 1.29 is 14.3 Å². The highest BCUT2D eigenvalue weighted by Gasteiger charge is 2.18. The van der Waals surface area contributed by atoms with E-state index in [-0.39, 0.29) is 5.69 Å². The van der Waals surface area contributed by atoms with Crippen LogP contribution in [0.3, 0.4) is 0 Å². The highest BCUT2D eigenvalue weighted by molar-refractivity contribution is 5.86. The van der Waals surface area contributed by atoms with Crippen LogP contribution in [0.2, 0.25) is 0 Å². The van der Waals surface area contributed by atoms with Crippen LogP contribution in [0, 0.1) is 0 Å². The monoisotopic (exact) mass is 294 g/mol. The molecule has 0 spiro atoms. The van der Waals surface area contributed by atoms with Crippen molar-refractivity contribution in [3.63, 3.8) is 0 Å². The number of carbonyl (C=O) groups is 1. The Balaban J connectivity index is 1.65. The average molecular weight is 294 g/mol. The SMILES string of the molecule is COC(=O)c1ccc(NCCOC2CCC(N)CC2)nn1. The molecule has 1 saturated carbocycles. The third-order valence-corrected chi connectivity index (χ3v) is 3.54. The van der Waals surface area contributed by atoms with Crippen LogP contribution in [0.4, 0.5) is 5.82 Å². The molecule has 0 amide bonds. The van der Waals surface area contributed by atoms with E-state index in [9.17, 15) is 4.79 Å². The molecule has 0 unspecified atom stereocenters. The van der Waals surface area contributed by atoms with E-state index < -0.39 is 5.97 Å². The Morgan fingerprint density at radius 2 is 2.10 bits per heavy atom. The molecule has 0 aliphatic heterocycles. The van der Waals surface area contributed by atoms with E-state index in [4.69, 9.17) is 10.5 Å². The fourth-order valence-electron chi connectivity index (χ4n) is 2.30. The number of carbonyl (C=O) groups excluding carboxylic acids is 1. The molecule has 1 heterocycles. The minimum absolute atomic E-state index is 0.192. The van der Waals surface area contributed by atoms with E-state index in [0.29, 0.717) is 31.1 Å². The fourth-order valence-corrected chi connectivity index (χ4v) is 2.30. The van der Waals surface area contributed by atoms with Gasteiger partial charge in [-0.05, 0) is 37.8 Å². The van der Waals surface area contributed by atoms with E-state index >= 15 is 0 Å². The van der Waals surface area contributed by atoms with Crippen molar-refractivity contribution in [3.05, 3.63) is 17.8 Å². The van der Waals surface area contributed by atoms with Crippen molar-refractivity contribution in [1.29, 1.82) is 0 Å². The quantitative estimate of drug-likeness (QED) is 0.595. The third-order valence-electron chi connectivity index (χ3n) is 3.54. The zero-order valence-electron chi connectivity index (χ0n) is 12.2. The third kappa shape index (κ3) is 4.95. The van der Waals surface area contributed by atoms with Gasteiger partial charge >= 0.3 is 5.97 Å². The molecule has 7 heteroatoms. The second-order valence-electron chi connectivity index (χ2n) is 5.13. The standard InChI is InChI=1S/C14H22N4O3/c1-20-14(19)12-6-7-13(18-17-12)16-8-9-21-11-4-2-10(15)3-5-11/h6-7,10-11H,2-5,8-9,15H2,1H3,(H,16,18). The lowest BCUT2D eigenvalue weighted by Crippen LogP contribution is -2.31. The van der Waals surface area contributed by atoms with Crippen LogP contribution >= 0.6 is 0 Å². The zero-order chi connectivity index (χ0) is 15.1. The van der Waals surface area contributed by atoms with Gasteiger partial charge in [-0.15, -0.1) is 10.2 Å². The number of hydrogen-bond acceptors (Lipinski definition) is 7. The Kier molecular flexibility index (Phi) is 5.89. The molecular formula is C14H22N4O3. The largest absolute Gasteiger partial charge is 0.464 e. The Bertz CT molecular complexity index is 444. The molecule has 21 heavy (non-hydrogen) atoms. The first-order valence-corrected chi connectivity index (χ1v) is 7.22. The van der Waals surface area contributed by atoms with Gasteiger partial charge in [-0.25, -0.2) is 4.79 Å². The van der Waals surface area contributed by atoms with Crippen molar-refractivity contribution in [2.24, 2.45) is 5.73 Å². The van der Waals surface area contributed by atoms with Gasteiger partial charge in [0.2, 0.25) is 0 Å². The van der Waals surface area contributed by atoms with E-state index in [0.717, 1.165) is 25.7 Å². The van der Waals surface area contributed by atoms with Gasteiger partial charge in [-0.2, -0.15) is 0 Å². The lowest BCUT2D eigenvalue weighted by molar-refractivity contribution is 0.0313. The highest BCUT2D eigenvalue weighted by Crippen LogP contribution is 2.19. The molecular weight excluding hydrogens is 272 g/mol. The van der Waals surface area contributed by atoms with Crippen molar-refractivity contribution in [1.82, 2.24) is 10.2 Å². The number of nitrogens with zero attached hydrogens (tertiary/aromatic N) is 2. The van der Waals surface area contributed by atoms with E-state index in [1.807, 2.05) is 0 Å². The number of nitrogens with two attached hydrogens (primary N) is 1. The smallest absolute Gasteiger partial charge is 0.358 e. The summed E-state index contributed by atoms with van der Waals surface area (Å²) in [5, 5.41) is 10.8. The summed E-state index contributed by atoms with van der Waals surface area (Å²) in [6.07, 6.45) is 4.47. The van der Waals surface area contributed by atoms with Crippen LogP contribution in [0.5, 0.6) is 0 Å². The summed E-state index contributed by atoms with van der Waals surface area (Å²) < 4.78 is 10.4. The number of aromatic nitrogens is 2. The second-order valence-corrected chi connectivity index (χ2v) is 5.13. The summed E-state index contributed by atoms with van der Waals surface area (Å²) in [7, 11) is 1.31. The molecule has 7 nitrogen and oxygen atoms in total. The lowest BCUT2D eigenvalue weighted by atomic mass is 9.94. The Labute approximate surface area is 124 Å². The average Bonchev–Trinajstić information content (AvgIpc) is 2.53. The molecule has 1 aromatic rings. The number of rotatable bonds is 6. The molecule has 3 N–H and O–H groups in total. The molecule has 0 bridgehead atoms. The molecule has 0 radical (unpaired) electrons. The van der Waals surface area contributed by atoms with Crippen molar-refractivity contribution in [2.45, 2.75) is 37.8 Å². The normalized spacial score (nSPS) is 21.8. The molecule has 116 valence electrons. The minimum Gasteiger partial charge on any atom is -0.464 e. The number of nitrogens with one attached hydrogen (secondary N) is 1. The topological polar surface area (TPSA) is 99.4 Å². The maximum atomic E-state index is 11.2. The van der Waals surface area contributed by atoms with Crippen LogP contribution in [0.15, 0.2) is 12.1 Å². The van der Waals surface area contributed by atoms with E-state index in [2.05, 4.69) is 20.3 Å². The van der Waals surface area contributed by atoms with Gasteiger partial charge in [-0.1, -0.05) is 0 Å². The van der Waals surface area contributed by atoms with Crippen molar-refractivity contribution in [3.8, 4) is 0 Å². The van der Waals surface area contributed by atoms with Gasteiger partial charge in [-0.3, -0.25) is 0 Å². The maximum absolute atomic E-state index is 11.2. The number of hydrogen-bond donors (Lipinski definition) is 2. The van der Waals surface area contributed by atoms with Gasteiger partial charge in [0.1, 0.15) is 5.82 Å². The maximum Gasteiger partial charge on any atom is 0.358 e. The van der Waals surface area contributed by atoms with E-state index in [1.54, 1.807) is 12.1 Å². The second kappa shape index (κ2) is 7.90. The molecule has 0 saturated heterocycles. The van der Waals surface area contributed by atoms with Crippen LogP contribution < -0.4 is 11.1 Å². The van der Waals surface area contributed by atoms with Gasteiger partial charge in [0.05, 0.1) is 19.8 Å². The van der Waals surface area contributed by atoms with E-state index in [1.165, 1.54) is 7.11 Å². The zero-order valence-corrected chi connectivity index (χ0v) is 12.2. The first-order chi connectivity index (χ1) is 10.2. The van der Waals surface area contributed by atoms with Gasteiger partial charge in [0, 0.05) is 12.6 Å². The lowest BCUT2D eigenvalue weighted by Gasteiger charge is -2.26. The summed E-state index contributed by atoms with van der Waals surface area (Å²) in [5.74, 6) is 0.116. The van der Waals surface area contributed by atoms with Crippen molar-refractivity contribution >= 4 is 11.8 Å². The highest BCUT2D eigenvalue weighted by atomic mass is 16.5. The minimum atomic E-state index is -0.493. The van der Waals surface area contributed by atoms with Crippen LogP contribution in [0.25, 0.3) is 0 Å². The molecule has 1 fully saturated rings. The molecule has 2 rings (SSSR count). The summed E-state index contributed by atoms with van der Waals surface area (Å²) >= 11 is 0. The van der Waals surface area contributed by atoms with Crippen LogP contribution in [-0.2, 0) is 9.47 Å². The van der Waals surface area contributed by atoms with Crippen molar-refractivity contribution in [2.75, 3.05) is 25.6 Å². The molecule has 1 aliphatic rings. The fraction of sp³-hybridized carbons (Fsp3) is 0.643. The van der Waals surface area contributed by atoms with Gasteiger partial charge in [0.15, 0.2) is 5.69 Å². The molecule has 1 aromatic heterocycles. The predicted molar refractivity (Wildman–Crippen MR) is 78.0 cm³/mol. The summed E-state index contributed by atoms with van der Waals surface area (Å²) in [5.41, 5.74) is 6.05. The number of esters is 1. The summed E-state index contributed by atoms with van der Waals surface area (Å²) in [6.45, 7) is 1.26. The van der Waals surface area contributed by atoms with Crippen LogP contribution in [-0.4, -0.2) is 48.6 Å². The Morgan fingerprint density at radius 3 is 2.71 bits per heavy atom. The first kappa shape index (κ1) is 15.7. The molecule has 0 atom stereocenters. The Hall–Kier alpha value is -1.73. The predicted octanol–water partition coefficient (Wildman–Crippen LogP) is 0.962. The summed E-state index contributed by atoms with van der Waals surface area (Å²) in [6, 6.07) is 3.61. The number of ether oxygens (including phenoxy) is 2. The molecule has 1 aliphatic carbocycles. The van der Waals surface area contributed by atoms with Gasteiger partial charge < -0.3 is 20.5 Å².